The Morgan fingerprint density at radius 2 is 1.79 bits per heavy atom. The van der Waals surface area contributed by atoms with Crippen LogP contribution in [0.3, 0.4) is 0 Å². The van der Waals surface area contributed by atoms with Gasteiger partial charge in [0.05, 0.1) is 0 Å². The zero-order valence-corrected chi connectivity index (χ0v) is 9.10. The maximum atomic E-state index is 11.4. The van der Waals surface area contributed by atoms with Crippen LogP contribution >= 0.6 is 15.9 Å². The number of imide groups is 2. The first kappa shape index (κ1) is 10.9. The van der Waals surface area contributed by atoms with E-state index in [-0.39, 0.29) is 6.42 Å². The predicted molar refractivity (Wildman–Crippen MR) is 52.5 cm³/mol. The van der Waals surface area contributed by atoms with Crippen molar-refractivity contribution >= 4 is 33.8 Å². The molecular formula is C8H9BrN2O3. The van der Waals surface area contributed by atoms with Crippen LogP contribution in [0.2, 0.25) is 0 Å². The van der Waals surface area contributed by atoms with Crippen molar-refractivity contribution in [3.05, 3.63) is 11.1 Å². The van der Waals surface area contributed by atoms with Crippen LogP contribution in [0, 0.1) is 5.41 Å². The molecule has 0 aromatic heterocycles. The zero-order chi connectivity index (χ0) is 10.9. The maximum Gasteiger partial charge on any atom is 0.328 e. The molecule has 6 heteroatoms. The summed E-state index contributed by atoms with van der Waals surface area (Å²) in [7, 11) is 0. The fourth-order valence-corrected chi connectivity index (χ4v) is 1.72. The monoisotopic (exact) mass is 260 g/mol. The van der Waals surface area contributed by atoms with Gasteiger partial charge in [-0.2, -0.15) is 0 Å². The smallest absolute Gasteiger partial charge is 0.277 e. The summed E-state index contributed by atoms with van der Waals surface area (Å²) in [5, 5.41) is 4.07. The Morgan fingerprint density at radius 1 is 1.36 bits per heavy atom. The van der Waals surface area contributed by atoms with Crippen molar-refractivity contribution in [1.82, 2.24) is 10.6 Å². The van der Waals surface area contributed by atoms with Crippen molar-refractivity contribution in [2.24, 2.45) is 5.41 Å². The molecule has 76 valence electrons. The lowest BCUT2D eigenvalue weighted by molar-refractivity contribution is -0.142. The summed E-state index contributed by atoms with van der Waals surface area (Å²) < 4.78 is 0.527. The fraction of sp³-hybridized carbons (Fsp3) is 0.375. The van der Waals surface area contributed by atoms with Gasteiger partial charge in [0.2, 0.25) is 11.8 Å². The molecule has 1 rings (SSSR count). The van der Waals surface area contributed by atoms with Crippen LogP contribution in [-0.4, -0.2) is 17.8 Å². The molecule has 4 amide bonds. The lowest BCUT2D eigenvalue weighted by Crippen LogP contribution is -2.61. The Morgan fingerprint density at radius 3 is 2.14 bits per heavy atom. The summed E-state index contributed by atoms with van der Waals surface area (Å²) in [6.07, 6.45) is 0.151. The molecule has 1 aliphatic heterocycles. The van der Waals surface area contributed by atoms with Gasteiger partial charge in [0.15, 0.2) is 0 Å². The molecule has 0 saturated carbocycles. The normalized spacial score (nSPS) is 20.0. The minimum Gasteiger partial charge on any atom is -0.277 e. The maximum absolute atomic E-state index is 11.4. The van der Waals surface area contributed by atoms with Crippen LogP contribution in [0.5, 0.6) is 0 Å². The van der Waals surface area contributed by atoms with Gasteiger partial charge in [-0.3, -0.25) is 20.2 Å². The van der Waals surface area contributed by atoms with Gasteiger partial charge < -0.3 is 0 Å². The van der Waals surface area contributed by atoms with E-state index in [1.807, 2.05) is 10.6 Å². The summed E-state index contributed by atoms with van der Waals surface area (Å²) in [5.74, 6) is -1.21. The Labute approximate surface area is 89.1 Å². The summed E-state index contributed by atoms with van der Waals surface area (Å²) >= 11 is 3.08. The number of carbonyl (C=O) groups excluding carboxylic acids is 3. The number of allylic oxidation sites excluding steroid dienone is 1. The van der Waals surface area contributed by atoms with Crippen molar-refractivity contribution in [1.29, 1.82) is 0 Å². The molecule has 1 heterocycles. The highest BCUT2D eigenvalue weighted by molar-refractivity contribution is 9.11. The summed E-state index contributed by atoms with van der Waals surface area (Å²) in [6, 6.07) is -0.780. The minimum atomic E-state index is -1.27. The van der Waals surface area contributed by atoms with Crippen LogP contribution in [0.15, 0.2) is 11.1 Å². The number of carbonyl (C=O) groups is 3. The molecule has 0 atom stereocenters. The van der Waals surface area contributed by atoms with Gasteiger partial charge in [-0.15, -0.1) is 0 Å². The molecule has 2 N–H and O–H groups in total. The highest BCUT2D eigenvalue weighted by atomic mass is 79.9. The molecule has 0 aromatic carbocycles. The highest BCUT2D eigenvalue weighted by Gasteiger charge is 2.46. The van der Waals surface area contributed by atoms with E-state index in [1.54, 1.807) is 0 Å². The first-order valence-electron chi connectivity index (χ1n) is 3.86. The van der Waals surface area contributed by atoms with Crippen molar-refractivity contribution < 1.29 is 14.4 Å². The number of barbiturate groups is 1. The molecule has 0 radical (unpaired) electrons. The Hall–Kier alpha value is -1.17. The molecule has 0 spiro atoms. The summed E-state index contributed by atoms with van der Waals surface area (Å²) in [4.78, 5) is 33.6. The van der Waals surface area contributed by atoms with Gasteiger partial charge in [-0.05, 0) is 11.4 Å². The van der Waals surface area contributed by atoms with E-state index in [0.717, 1.165) is 0 Å². The molecule has 0 unspecified atom stereocenters. The number of halogens is 1. The van der Waals surface area contributed by atoms with Crippen molar-refractivity contribution in [3.8, 4) is 0 Å². The van der Waals surface area contributed by atoms with E-state index in [2.05, 4.69) is 22.5 Å². The molecular weight excluding hydrogens is 252 g/mol. The van der Waals surface area contributed by atoms with E-state index in [1.165, 1.54) is 6.92 Å². The zero-order valence-electron chi connectivity index (χ0n) is 7.52. The van der Waals surface area contributed by atoms with Gasteiger partial charge in [0, 0.05) is 6.42 Å². The Kier molecular flexibility index (Phi) is 2.75. The average Bonchev–Trinajstić information content (AvgIpc) is 1.99. The Bertz CT molecular complexity index is 317. The molecule has 0 aromatic rings. The van der Waals surface area contributed by atoms with E-state index in [4.69, 9.17) is 0 Å². The second-order valence-corrected chi connectivity index (χ2v) is 4.38. The van der Waals surface area contributed by atoms with Crippen LogP contribution in [0.25, 0.3) is 0 Å². The fourth-order valence-electron chi connectivity index (χ4n) is 1.16. The molecule has 0 bridgehead atoms. The number of nitrogens with one attached hydrogen (secondary N) is 2. The van der Waals surface area contributed by atoms with Crippen LogP contribution in [-0.2, 0) is 9.59 Å². The molecule has 5 nitrogen and oxygen atoms in total. The standard InChI is InChI=1S/C8H9BrN2O3/c1-4(9)3-8(2)5(12)10-7(14)11-6(8)13/h1,3H2,2H3,(H2,10,11,12,13,14). The van der Waals surface area contributed by atoms with Crippen LogP contribution in [0.4, 0.5) is 4.79 Å². The quantitative estimate of drug-likeness (QED) is 0.717. The topological polar surface area (TPSA) is 75.3 Å². The van der Waals surface area contributed by atoms with E-state index < -0.39 is 23.3 Å². The van der Waals surface area contributed by atoms with E-state index in [0.29, 0.717) is 4.48 Å². The third kappa shape index (κ3) is 1.84. The third-order valence-corrected chi connectivity index (χ3v) is 2.28. The summed E-state index contributed by atoms with van der Waals surface area (Å²) in [6.45, 7) is 5.01. The lowest BCUT2D eigenvalue weighted by Gasteiger charge is -2.29. The van der Waals surface area contributed by atoms with Crippen LogP contribution < -0.4 is 10.6 Å². The Balaban J connectivity index is 2.95. The third-order valence-electron chi connectivity index (χ3n) is 2.00. The van der Waals surface area contributed by atoms with Gasteiger partial charge in [0.1, 0.15) is 5.41 Å². The molecule has 1 aliphatic rings. The van der Waals surface area contributed by atoms with Crippen molar-refractivity contribution in [2.45, 2.75) is 13.3 Å². The second-order valence-electron chi connectivity index (χ2n) is 3.26. The van der Waals surface area contributed by atoms with Crippen molar-refractivity contribution in [2.75, 3.05) is 0 Å². The number of hydrogen-bond acceptors (Lipinski definition) is 3. The predicted octanol–water partition coefficient (Wildman–Crippen LogP) is 0.657. The van der Waals surface area contributed by atoms with Gasteiger partial charge in [-0.1, -0.05) is 22.5 Å². The number of amides is 4. The van der Waals surface area contributed by atoms with Gasteiger partial charge >= 0.3 is 6.03 Å². The van der Waals surface area contributed by atoms with Crippen LogP contribution in [0.1, 0.15) is 13.3 Å². The largest absolute Gasteiger partial charge is 0.328 e. The number of hydrogen-bond donors (Lipinski definition) is 2. The van der Waals surface area contributed by atoms with Gasteiger partial charge in [-0.25, -0.2) is 4.79 Å². The lowest BCUT2D eigenvalue weighted by atomic mass is 9.83. The van der Waals surface area contributed by atoms with E-state index >= 15 is 0 Å². The SMILES string of the molecule is C=C(Br)CC1(C)C(=O)NC(=O)NC1=O. The van der Waals surface area contributed by atoms with E-state index in [9.17, 15) is 14.4 Å². The minimum absolute atomic E-state index is 0.151. The molecule has 1 saturated heterocycles. The second kappa shape index (κ2) is 3.53. The van der Waals surface area contributed by atoms with Crippen molar-refractivity contribution in [3.63, 3.8) is 0 Å². The average molecular weight is 261 g/mol. The number of rotatable bonds is 2. The summed E-state index contributed by atoms with van der Waals surface area (Å²) in [5.41, 5.74) is -1.27. The van der Waals surface area contributed by atoms with Gasteiger partial charge in [0.25, 0.3) is 0 Å². The highest BCUT2D eigenvalue weighted by Crippen LogP contribution is 2.29. The molecule has 0 aliphatic carbocycles. The first-order chi connectivity index (χ1) is 6.36. The molecule has 1 fully saturated rings. The molecule has 14 heavy (non-hydrogen) atoms. The number of urea groups is 1. The first-order valence-corrected chi connectivity index (χ1v) is 4.66.